The Morgan fingerprint density at radius 1 is 1.28 bits per heavy atom. The van der Waals surface area contributed by atoms with Crippen molar-refractivity contribution in [2.75, 3.05) is 13.2 Å². The predicted molar refractivity (Wildman–Crippen MR) is 64.0 cm³/mol. The molecule has 1 atom stereocenters. The average Bonchev–Trinajstić information content (AvgIpc) is 2.21. The zero-order valence-corrected chi connectivity index (χ0v) is 11.1. The number of ether oxygens (including phenoxy) is 1. The number of urea groups is 1. The van der Waals surface area contributed by atoms with E-state index in [1.54, 1.807) is 27.7 Å². The summed E-state index contributed by atoms with van der Waals surface area (Å²) in [7, 11) is 0. The Balaban J connectivity index is 4.28. The maximum Gasteiger partial charge on any atom is 0.326 e. The van der Waals surface area contributed by atoms with Crippen LogP contribution in [0.5, 0.6) is 0 Å². The molecule has 0 aliphatic rings. The second-order valence-electron chi connectivity index (χ2n) is 4.77. The van der Waals surface area contributed by atoms with Crippen molar-refractivity contribution in [2.45, 2.75) is 33.7 Å². The van der Waals surface area contributed by atoms with Crippen molar-refractivity contribution >= 4 is 18.0 Å². The van der Waals surface area contributed by atoms with Crippen LogP contribution in [0.4, 0.5) is 4.79 Å². The Kier molecular flexibility index (Phi) is 6.15. The summed E-state index contributed by atoms with van der Waals surface area (Å²) in [6, 6.07) is -1.76. The van der Waals surface area contributed by atoms with E-state index in [-0.39, 0.29) is 13.2 Å². The highest BCUT2D eigenvalue weighted by molar-refractivity contribution is 5.85. The molecule has 2 amide bonds. The standard InChI is InChI=1S/C11H20N2O5/c1-5-18-7(14)6-12-10(17)13-8(9(15)16)11(2,3)4/h8H,5-6H2,1-4H3,(H,15,16)(H2,12,13,17)/t8-/m1/s1. The highest BCUT2D eigenvalue weighted by atomic mass is 16.5. The van der Waals surface area contributed by atoms with E-state index in [0.717, 1.165) is 0 Å². The number of esters is 1. The fraction of sp³-hybridized carbons (Fsp3) is 0.727. The number of carboxylic acids is 1. The normalized spacial score (nSPS) is 12.4. The number of amides is 2. The highest BCUT2D eigenvalue weighted by Crippen LogP contribution is 2.19. The minimum Gasteiger partial charge on any atom is -0.480 e. The topological polar surface area (TPSA) is 105 Å². The van der Waals surface area contributed by atoms with Gasteiger partial charge < -0.3 is 20.5 Å². The van der Waals surface area contributed by atoms with Crippen LogP contribution in [0.2, 0.25) is 0 Å². The maximum absolute atomic E-state index is 11.4. The van der Waals surface area contributed by atoms with Gasteiger partial charge >= 0.3 is 18.0 Å². The molecule has 0 aromatic carbocycles. The molecule has 0 saturated carbocycles. The van der Waals surface area contributed by atoms with E-state index in [1.807, 2.05) is 0 Å². The molecule has 7 heteroatoms. The summed E-state index contributed by atoms with van der Waals surface area (Å²) in [5, 5.41) is 13.5. The number of nitrogens with one attached hydrogen (secondary N) is 2. The number of aliphatic carboxylic acids is 1. The third-order valence-electron chi connectivity index (χ3n) is 2.09. The Labute approximate surface area is 106 Å². The van der Waals surface area contributed by atoms with Gasteiger partial charge in [0.05, 0.1) is 6.61 Å². The zero-order chi connectivity index (χ0) is 14.3. The summed E-state index contributed by atoms with van der Waals surface area (Å²) in [5.74, 6) is -1.70. The van der Waals surface area contributed by atoms with Crippen LogP contribution in [-0.4, -0.2) is 42.3 Å². The van der Waals surface area contributed by atoms with Crippen LogP contribution in [0.15, 0.2) is 0 Å². The fourth-order valence-corrected chi connectivity index (χ4v) is 1.20. The maximum atomic E-state index is 11.4. The van der Waals surface area contributed by atoms with Gasteiger partial charge in [0.15, 0.2) is 0 Å². The number of carbonyl (C=O) groups excluding carboxylic acids is 2. The lowest BCUT2D eigenvalue weighted by Gasteiger charge is -2.27. The van der Waals surface area contributed by atoms with Crippen molar-refractivity contribution in [3.8, 4) is 0 Å². The van der Waals surface area contributed by atoms with Crippen LogP contribution in [0.25, 0.3) is 0 Å². The lowest BCUT2D eigenvalue weighted by atomic mass is 9.87. The van der Waals surface area contributed by atoms with Gasteiger partial charge in [0.25, 0.3) is 0 Å². The molecule has 0 radical (unpaired) electrons. The summed E-state index contributed by atoms with van der Waals surface area (Å²) in [4.78, 5) is 33.4. The molecule has 0 aromatic rings. The van der Waals surface area contributed by atoms with Crippen LogP contribution >= 0.6 is 0 Å². The van der Waals surface area contributed by atoms with E-state index in [2.05, 4.69) is 15.4 Å². The average molecular weight is 260 g/mol. The van der Waals surface area contributed by atoms with Crippen molar-refractivity contribution in [2.24, 2.45) is 5.41 Å². The lowest BCUT2D eigenvalue weighted by Crippen LogP contribution is -2.52. The molecule has 0 fully saturated rings. The van der Waals surface area contributed by atoms with Gasteiger partial charge in [-0.15, -0.1) is 0 Å². The van der Waals surface area contributed by atoms with Gasteiger partial charge in [0.2, 0.25) is 0 Å². The molecular formula is C11H20N2O5. The van der Waals surface area contributed by atoms with Crippen LogP contribution in [-0.2, 0) is 14.3 Å². The predicted octanol–water partition coefficient (Wildman–Crippen LogP) is 0.348. The van der Waals surface area contributed by atoms with Gasteiger partial charge in [-0.2, -0.15) is 0 Å². The monoisotopic (exact) mass is 260 g/mol. The van der Waals surface area contributed by atoms with E-state index in [9.17, 15) is 14.4 Å². The molecule has 0 aromatic heterocycles. The molecule has 104 valence electrons. The van der Waals surface area contributed by atoms with Gasteiger partial charge in [-0.3, -0.25) is 4.79 Å². The summed E-state index contributed by atoms with van der Waals surface area (Å²) < 4.78 is 4.61. The van der Waals surface area contributed by atoms with Gasteiger partial charge in [-0.05, 0) is 12.3 Å². The quantitative estimate of drug-likeness (QED) is 0.618. The SMILES string of the molecule is CCOC(=O)CNC(=O)N[C@H](C(=O)O)C(C)(C)C. The molecule has 0 rings (SSSR count). The molecule has 0 spiro atoms. The Hall–Kier alpha value is -1.79. The van der Waals surface area contributed by atoms with Crippen LogP contribution in [0, 0.1) is 5.41 Å². The largest absolute Gasteiger partial charge is 0.480 e. The molecule has 0 unspecified atom stereocenters. The molecule has 0 heterocycles. The second kappa shape index (κ2) is 6.83. The number of carboxylic acid groups (broad SMARTS) is 1. The Bertz CT molecular complexity index is 322. The van der Waals surface area contributed by atoms with Crippen LogP contribution in [0.3, 0.4) is 0 Å². The minimum atomic E-state index is -1.13. The van der Waals surface area contributed by atoms with Crippen molar-refractivity contribution < 1.29 is 24.2 Å². The van der Waals surface area contributed by atoms with E-state index in [4.69, 9.17) is 5.11 Å². The lowest BCUT2D eigenvalue weighted by molar-refractivity contribution is -0.142. The number of hydrogen-bond donors (Lipinski definition) is 3. The molecule has 0 bridgehead atoms. The summed E-state index contributed by atoms with van der Waals surface area (Å²) in [6.45, 7) is 6.66. The number of rotatable bonds is 5. The van der Waals surface area contributed by atoms with E-state index >= 15 is 0 Å². The Morgan fingerprint density at radius 2 is 1.83 bits per heavy atom. The number of hydrogen-bond acceptors (Lipinski definition) is 4. The third-order valence-corrected chi connectivity index (χ3v) is 2.09. The van der Waals surface area contributed by atoms with Gasteiger partial charge in [0.1, 0.15) is 12.6 Å². The first-order chi connectivity index (χ1) is 8.18. The molecule has 3 N–H and O–H groups in total. The molecule has 18 heavy (non-hydrogen) atoms. The molecule has 0 aliphatic heterocycles. The molecule has 0 aliphatic carbocycles. The molecule has 0 saturated heterocycles. The van der Waals surface area contributed by atoms with Gasteiger partial charge in [-0.1, -0.05) is 20.8 Å². The first-order valence-electron chi connectivity index (χ1n) is 5.61. The third kappa shape index (κ3) is 6.07. The first-order valence-corrected chi connectivity index (χ1v) is 5.61. The Morgan fingerprint density at radius 3 is 2.22 bits per heavy atom. The summed E-state index contributed by atoms with van der Waals surface area (Å²) in [6.07, 6.45) is 0. The van der Waals surface area contributed by atoms with Crippen molar-refractivity contribution in [1.29, 1.82) is 0 Å². The van der Waals surface area contributed by atoms with E-state index < -0.39 is 29.4 Å². The molecular weight excluding hydrogens is 240 g/mol. The van der Waals surface area contributed by atoms with E-state index in [1.165, 1.54) is 0 Å². The fourth-order valence-electron chi connectivity index (χ4n) is 1.20. The molecule has 7 nitrogen and oxygen atoms in total. The van der Waals surface area contributed by atoms with Crippen molar-refractivity contribution in [3.63, 3.8) is 0 Å². The first kappa shape index (κ1) is 16.2. The summed E-state index contributed by atoms with van der Waals surface area (Å²) >= 11 is 0. The van der Waals surface area contributed by atoms with Gasteiger partial charge in [-0.25, -0.2) is 9.59 Å². The minimum absolute atomic E-state index is 0.224. The summed E-state index contributed by atoms with van der Waals surface area (Å²) in [5.41, 5.74) is -0.632. The van der Waals surface area contributed by atoms with Crippen LogP contribution in [0.1, 0.15) is 27.7 Å². The highest BCUT2D eigenvalue weighted by Gasteiger charge is 2.32. The van der Waals surface area contributed by atoms with Crippen LogP contribution < -0.4 is 10.6 Å². The van der Waals surface area contributed by atoms with Crippen molar-refractivity contribution in [3.05, 3.63) is 0 Å². The van der Waals surface area contributed by atoms with E-state index in [0.29, 0.717) is 0 Å². The van der Waals surface area contributed by atoms with Crippen molar-refractivity contribution in [1.82, 2.24) is 10.6 Å². The number of carbonyl (C=O) groups is 3. The second-order valence-corrected chi connectivity index (χ2v) is 4.77. The van der Waals surface area contributed by atoms with Gasteiger partial charge in [0, 0.05) is 0 Å². The smallest absolute Gasteiger partial charge is 0.326 e. The zero-order valence-electron chi connectivity index (χ0n) is 11.1.